The van der Waals surface area contributed by atoms with Crippen LogP contribution in [0.5, 0.6) is 11.5 Å². The quantitative estimate of drug-likeness (QED) is 0.183. The number of benzene rings is 7. The van der Waals surface area contributed by atoms with Crippen molar-refractivity contribution in [2.24, 2.45) is 0 Å². The molecule has 1 spiro atoms. The summed E-state index contributed by atoms with van der Waals surface area (Å²) < 4.78 is 6.62. The minimum absolute atomic E-state index is 0.609. The van der Waals surface area contributed by atoms with Crippen LogP contribution in [0.15, 0.2) is 176 Å². The van der Waals surface area contributed by atoms with Gasteiger partial charge in [0.1, 0.15) is 11.5 Å². The Labute approximate surface area is 311 Å². The van der Waals surface area contributed by atoms with Crippen molar-refractivity contribution in [3.05, 3.63) is 198 Å². The predicted octanol–water partition coefficient (Wildman–Crippen LogP) is 11.0. The largest absolute Gasteiger partial charge is 0.457 e. The molecule has 6 nitrogen and oxygen atoms in total. The van der Waals surface area contributed by atoms with E-state index in [1.807, 2.05) is 103 Å². The zero-order chi connectivity index (χ0) is 35.6. The molecule has 0 radical (unpaired) electrons. The van der Waals surface area contributed by atoms with Crippen molar-refractivity contribution >= 4 is 11.0 Å². The second kappa shape index (κ2) is 11.9. The fourth-order valence-electron chi connectivity index (χ4n) is 8.24. The van der Waals surface area contributed by atoms with E-state index in [1.54, 1.807) is 0 Å². The molecule has 0 bridgehead atoms. The highest BCUT2D eigenvalue weighted by Gasteiger charge is 2.51. The third-order valence-electron chi connectivity index (χ3n) is 10.6. The van der Waals surface area contributed by atoms with Crippen LogP contribution in [0.25, 0.3) is 67.6 Å². The van der Waals surface area contributed by atoms with Gasteiger partial charge in [-0.05, 0) is 58.7 Å². The highest BCUT2D eigenvalue weighted by molar-refractivity contribution is 5.92. The van der Waals surface area contributed by atoms with Gasteiger partial charge in [-0.3, -0.25) is 4.98 Å². The molecule has 0 atom stereocenters. The van der Waals surface area contributed by atoms with E-state index in [0.717, 1.165) is 78.3 Å². The minimum Gasteiger partial charge on any atom is -0.457 e. The fourth-order valence-corrected chi connectivity index (χ4v) is 8.24. The van der Waals surface area contributed by atoms with E-state index in [-0.39, 0.29) is 0 Å². The molecule has 252 valence electrons. The molecule has 1 aliphatic heterocycles. The van der Waals surface area contributed by atoms with Crippen molar-refractivity contribution in [1.82, 2.24) is 24.9 Å². The third-order valence-corrected chi connectivity index (χ3v) is 10.6. The van der Waals surface area contributed by atoms with Gasteiger partial charge >= 0.3 is 0 Å². The number of rotatable bonds is 4. The first-order valence-electron chi connectivity index (χ1n) is 18.0. The Kier molecular flexibility index (Phi) is 6.67. The summed E-state index contributed by atoms with van der Waals surface area (Å²) in [5, 5.41) is 0. The smallest absolute Gasteiger partial charge is 0.164 e. The van der Waals surface area contributed by atoms with Gasteiger partial charge in [-0.1, -0.05) is 133 Å². The second-order valence-corrected chi connectivity index (χ2v) is 13.6. The van der Waals surface area contributed by atoms with E-state index in [9.17, 15) is 0 Å². The zero-order valence-corrected chi connectivity index (χ0v) is 28.9. The summed E-state index contributed by atoms with van der Waals surface area (Å²) in [5.41, 5.74) is 12.4. The van der Waals surface area contributed by atoms with Crippen molar-refractivity contribution in [1.29, 1.82) is 0 Å². The Hall–Kier alpha value is -7.31. The minimum atomic E-state index is -0.669. The van der Waals surface area contributed by atoms with E-state index in [4.69, 9.17) is 29.7 Å². The van der Waals surface area contributed by atoms with E-state index >= 15 is 0 Å². The van der Waals surface area contributed by atoms with Gasteiger partial charge in [-0.15, -0.1) is 0 Å². The van der Waals surface area contributed by atoms with Crippen LogP contribution in [0.2, 0.25) is 0 Å². The highest BCUT2D eigenvalue weighted by atomic mass is 16.5. The molecule has 54 heavy (non-hydrogen) atoms. The fraction of sp³-hybridized carbons (Fsp3) is 0.0208. The van der Waals surface area contributed by atoms with Gasteiger partial charge in [0.15, 0.2) is 17.5 Å². The Balaban J connectivity index is 1.18. The number of hydrogen-bond acceptors (Lipinski definition) is 6. The molecule has 2 aromatic heterocycles. The molecule has 9 aromatic rings. The molecule has 0 saturated heterocycles. The zero-order valence-electron chi connectivity index (χ0n) is 28.9. The topological polar surface area (TPSA) is 73.7 Å². The van der Waals surface area contributed by atoms with Crippen LogP contribution in [0, 0.1) is 0 Å². The first-order chi connectivity index (χ1) is 26.7. The number of hydrogen-bond donors (Lipinski definition) is 0. The van der Waals surface area contributed by atoms with Gasteiger partial charge in [0.25, 0.3) is 0 Å². The standard InChI is InChI=1S/C48H29N5O/c1-3-13-30(14-4-1)45-51-46(31-15-5-2-6-16-31)53-47(52-45)33-23-25-34-35-27-32(42-29-49-40-19-9-10-20-41(40)50-42)24-26-36(35)48(39(34)28-33)37-17-7-11-21-43(37)54-44-22-12-8-18-38(44)48/h1-29H. The number of para-hydroxylation sites is 4. The van der Waals surface area contributed by atoms with Gasteiger partial charge in [0, 0.05) is 33.4 Å². The molecule has 3 heterocycles. The molecule has 0 unspecified atom stereocenters. The van der Waals surface area contributed by atoms with Gasteiger partial charge in [0.05, 0.1) is 28.3 Å². The first-order valence-corrected chi connectivity index (χ1v) is 18.0. The molecule has 0 amide bonds. The molecule has 0 N–H and O–H groups in total. The van der Waals surface area contributed by atoms with Crippen LogP contribution >= 0.6 is 0 Å². The highest BCUT2D eigenvalue weighted by Crippen LogP contribution is 2.62. The van der Waals surface area contributed by atoms with E-state index < -0.39 is 5.41 Å². The average molecular weight is 692 g/mol. The predicted molar refractivity (Wildman–Crippen MR) is 212 cm³/mol. The Bertz CT molecular complexity index is 2820. The van der Waals surface area contributed by atoms with E-state index in [0.29, 0.717) is 17.5 Å². The average Bonchev–Trinajstić information content (AvgIpc) is 3.53. The van der Waals surface area contributed by atoms with Crippen LogP contribution in [-0.4, -0.2) is 24.9 Å². The number of ether oxygens (including phenoxy) is 1. The van der Waals surface area contributed by atoms with Crippen LogP contribution in [0.3, 0.4) is 0 Å². The normalized spacial score (nSPS) is 13.1. The van der Waals surface area contributed by atoms with Crippen LogP contribution < -0.4 is 4.74 Å². The van der Waals surface area contributed by atoms with E-state index in [2.05, 4.69) is 72.8 Å². The summed E-state index contributed by atoms with van der Waals surface area (Å²) in [6.45, 7) is 0. The van der Waals surface area contributed by atoms with Crippen molar-refractivity contribution in [2.75, 3.05) is 0 Å². The maximum atomic E-state index is 6.62. The lowest BCUT2D eigenvalue weighted by Crippen LogP contribution is -2.32. The molecule has 1 aliphatic carbocycles. The molecular formula is C48H29N5O. The maximum Gasteiger partial charge on any atom is 0.164 e. The molecular weight excluding hydrogens is 663 g/mol. The second-order valence-electron chi connectivity index (χ2n) is 13.6. The SMILES string of the molecule is c1ccc(-c2nc(-c3ccccc3)nc(-c3ccc4c(c3)C3(c5ccccc5Oc5ccccc53)c3ccc(-c5cnc6ccccc6n5)cc3-4)n2)cc1. The lowest BCUT2D eigenvalue weighted by atomic mass is 9.66. The lowest BCUT2D eigenvalue weighted by Gasteiger charge is -2.39. The molecule has 2 aliphatic rings. The summed E-state index contributed by atoms with van der Waals surface area (Å²) in [5.74, 6) is 3.53. The van der Waals surface area contributed by atoms with Gasteiger partial charge in [-0.25, -0.2) is 19.9 Å². The molecule has 0 fully saturated rings. The monoisotopic (exact) mass is 691 g/mol. The van der Waals surface area contributed by atoms with Gasteiger partial charge in [0.2, 0.25) is 0 Å². The lowest BCUT2D eigenvalue weighted by molar-refractivity contribution is 0.436. The number of fused-ring (bicyclic) bond motifs is 10. The van der Waals surface area contributed by atoms with Crippen molar-refractivity contribution in [3.63, 3.8) is 0 Å². The molecule has 0 saturated carbocycles. The van der Waals surface area contributed by atoms with Crippen molar-refractivity contribution < 1.29 is 4.74 Å². The van der Waals surface area contributed by atoms with Crippen LogP contribution in [0.4, 0.5) is 0 Å². The number of nitrogens with zero attached hydrogens (tertiary/aromatic N) is 5. The molecule has 7 aromatic carbocycles. The summed E-state index contributed by atoms with van der Waals surface area (Å²) in [6, 6.07) is 58.3. The first kappa shape index (κ1) is 30.3. The van der Waals surface area contributed by atoms with Crippen molar-refractivity contribution in [3.8, 4) is 68.0 Å². The van der Waals surface area contributed by atoms with Crippen molar-refractivity contribution in [2.45, 2.75) is 5.41 Å². The van der Waals surface area contributed by atoms with Crippen LogP contribution in [-0.2, 0) is 5.41 Å². The number of aromatic nitrogens is 5. The molecule has 11 rings (SSSR count). The van der Waals surface area contributed by atoms with E-state index in [1.165, 1.54) is 5.56 Å². The van der Waals surface area contributed by atoms with Crippen LogP contribution in [0.1, 0.15) is 22.3 Å². The Morgan fingerprint density at radius 2 is 0.926 bits per heavy atom. The maximum absolute atomic E-state index is 6.62. The van der Waals surface area contributed by atoms with Gasteiger partial charge < -0.3 is 4.74 Å². The third kappa shape index (κ3) is 4.57. The summed E-state index contributed by atoms with van der Waals surface area (Å²) in [7, 11) is 0. The Morgan fingerprint density at radius 3 is 1.59 bits per heavy atom. The van der Waals surface area contributed by atoms with Gasteiger partial charge in [-0.2, -0.15) is 0 Å². The summed E-state index contributed by atoms with van der Waals surface area (Å²) in [6.07, 6.45) is 1.87. The molecule has 6 heteroatoms. The summed E-state index contributed by atoms with van der Waals surface area (Å²) in [4.78, 5) is 24.9. The Morgan fingerprint density at radius 1 is 0.370 bits per heavy atom. The summed E-state index contributed by atoms with van der Waals surface area (Å²) >= 11 is 0.